The summed E-state index contributed by atoms with van der Waals surface area (Å²) in [6.07, 6.45) is 14.8. The second kappa shape index (κ2) is 13.5. The van der Waals surface area contributed by atoms with Crippen LogP contribution in [0.2, 0.25) is 10.0 Å². The number of rotatable bonds is 8. The Hall–Kier alpha value is -4.50. The lowest BCUT2D eigenvalue weighted by atomic mass is 9.88. The van der Waals surface area contributed by atoms with Crippen molar-refractivity contribution in [2.24, 2.45) is 5.92 Å². The van der Waals surface area contributed by atoms with Gasteiger partial charge in [-0.15, -0.1) is 0 Å². The number of allylic oxidation sites excluding steroid dienone is 1. The third kappa shape index (κ3) is 7.02. The van der Waals surface area contributed by atoms with E-state index in [0.717, 1.165) is 38.6 Å². The molecule has 0 radical (unpaired) electrons. The van der Waals surface area contributed by atoms with Gasteiger partial charge in [0.1, 0.15) is 5.82 Å². The fourth-order valence-electron chi connectivity index (χ4n) is 6.33. The van der Waals surface area contributed by atoms with Crippen molar-refractivity contribution in [1.82, 2.24) is 14.3 Å². The maximum atomic E-state index is 12.6. The van der Waals surface area contributed by atoms with E-state index in [1.807, 2.05) is 22.9 Å². The van der Waals surface area contributed by atoms with Crippen molar-refractivity contribution < 1.29 is 13.5 Å². The minimum Gasteiger partial charge on any atom is -0.493 e. The second-order valence-electron chi connectivity index (χ2n) is 12.2. The summed E-state index contributed by atoms with van der Waals surface area (Å²) in [5.41, 5.74) is 6.98. The first-order valence-electron chi connectivity index (χ1n) is 16.0. The summed E-state index contributed by atoms with van der Waals surface area (Å²) in [6.45, 7) is 0. The van der Waals surface area contributed by atoms with E-state index < -0.39 is 16.1 Å². The van der Waals surface area contributed by atoms with Gasteiger partial charge in [-0.25, -0.2) is 14.0 Å². The highest BCUT2D eigenvalue weighted by atomic mass is 35.5. The Kier molecular flexibility index (Phi) is 9.05. The van der Waals surface area contributed by atoms with Gasteiger partial charge in [0, 0.05) is 28.9 Å². The fourth-order valence-corrected chi connectivity index (χ4v) is 7.88. The average molecular weight is 698 g/mol. The number of hydrogen-bond donors (Lipinski definition) is 2. The first-order chi connectivity index (χ1) is 23.2. The predicted octanol–water partition coefficient (Wildman–Crippen LogP) is 9.71. The van der Waals surface area contributed by atoms with Crippen molar-refractivity contribution >= 4 is 45.2 Å². The third-order valence-electron chi connectivity index (χ3n) is 8.85. The number of anilines is 1. The molecule has 2 aliphatic rings. The summed E-state index contributed by atoms with van der Waals surface area (Å²) >= 11 is 12.7. The second-order valence-corrected chi connectivity index (χ2v) is 14.6. The summed E-state index contributed by atoms with van der Waals surface area (Å²) in [5, 5.41) is 10.8. The quantitative estimate of drug-likeness (QED) is 0.169. The molecular weight excluding hydrogens is 663 g/mol. The number of aliphatic hydroxyl groups is 1. The lowest BCUT2D eigenvalue weighted by Crippen LogP contribution is -2.29. The van der Waals surface area contributed by atoms with Crippen LogP contribution in [0.5, 0.6) is 0 Å². The van der Waals surface area contributed by atoms with E-state index in [4.69, 9.17) is 28.2 Å². The molecule has 0 atom stereocenters. The van der Waals surface area contributed by atoms with Crippen molar-refractivity contribution in [3.05, 3.63) is 142 Å². The molecule has 0 amide bonds. The van der Waals surface area contributed by atoms with Gasteiger partial charge >= 0.3 is 10.2 Å². The van der Waals surface area contributed by atoms with Crippen LogP contribution in [0.4, 0.5) is 5.69 Å². The Bertz CT molecular complexity index is 2120. The van der Waals surface area contributed by atoms with Gasteiger partial charge in [-0.3, -0.25) is 0 Å². The van der Waals surface area contributed by atoms with Crippen LogP contribution in [-0.2, 0) is 16.6 Å². The van der Waals surface area contributed by atoms with Crippen LogP contribution in [0.15, 0.2) is 115 Å². The monoisotopic (exact) mass is 696 g/mol. The largest absolute Gasteiger partial charge is 0.493 e. The van der Waals surface area contributed by atoms with Crippen LogP contribution >= 0.6 is 23.2 Å². The summed E-state index contributed by atoms with van der Waals surface area (Å²) in [5.74, 6) is 0.986. The fraction of sp³-hybridized carbons (Fsp3) is 0.184. The highest BCUT2D eigenvalue weighted by Crippen LogP contribution is 2.33. The van der Waals surface area contributed by atoms with Crippen LogP contribution in [0, 0.1) is 5.92 Å². The van der Waals surface area contributed by atoms with E-state index in [0.29, 0.717) is 39.5 Å². The first kappa shape index (κ1) is 32.1. The van der Waals surface area contributed by atoms with Gasteiger partial charge < -0.3 is 9.67 Å². The lowest BCUT2D eigenvalue weighted by molar-refractivity contribution is 0.392. The zero-order chi connectivity index (χ0) is 33.3. The SMILES string of the molecule is O=S1(=O)NC(O)=CN1c1cccc(-n2cc(-c3ccc(Cl)cc3Cl)nc2Cc2ccc(-c3ccc(C=CC4CCCCC4)cc3)cc2)c1. The molecule has 1 aliphatic heterocycles. The number of hydrogen-bond acceptors (Lipinski definition) is 4. The normalized spacial score (nSPS) is 16.3. The van der Waals surface area contributed by atoms with E-state index >= 15 is 0 Å². The maximum Gasteiger partial charge on any atom is 0.330 e. The predicted molar refractivity (Wildman–Crippen MR) is 195 cm³/mol. The molecule has 48 heavy (non-hydrogen) atoms. The molecule has 0 unspecified atom stereocenters. The van der Waals surface area contributed by atoms with Gasteiger partial charge in [0.15, 0.2) is 0 Å². The zero-order valence-corrected chi connectivity index (χ0v) is 28.4. The third-order valence-corrected chi connectivity index (χ3v) is 10.7. The minimum atomic E-state index is -3.95. The van der Waals surface area contributed by atoms with E-state index in [-0.39, 0.29) is 0 Å². The van der Waals surface area contributed by atoms with Gasteiger partial charge in [-0.05, 0) is 77.4 Å². The van der Waals surface area contributed by atoms with Crippen molar-refractivity contribution in [3.8, 4) is 28.1 Å². The summed E-state index contributed by atoms with van der Waals surface area (Å²) in [7, 11) is -3.95. The molecule has 0 saturated heterocycles. The molecule has 1 fully saturated rings. The molecule has 7 rings (SSSR count). The Labute approximate surface area is 291 Å². The van der Waals surface area contributed by atoms with Crippen molar-refractivity contribution in [2.45, 2.75) is 38.5 Å². The number of nitrogens with zero attached hydrogens (tertiary/aromatic N) is 3. The molecule has 5 aromatic rings. The molecule has 1 aliphatic carbocycles. The highest BCUT2D eigenvalue weighted by Gasteiger charge is 2.29. The van der Waals surface area contributed by atoms with Crippen LogP contribution < -0.4 is 9.03 Å². The Balaban J connectivity index is 1.16. The Morgan fingerprint density at radius 3 is 2.27 bits per heavy atom. The molecule has 2 heterocycles. The molecule has 1 aromatic heterocycles. The molecule has 0 spiro atoms. The van der Waals surface area contributed by atoms with Gasteiger partial charge in [0.25, 0.3) is 0 Å². The number of aromatic nitrogens is 2. The zero-order valence-electron chi connectivity index (χ0n) is 26.1. The summed E-state index contributed by atoms with van der Waals surface area (Å²) in [6, 6.07) is 29.4. The molecule has 10 heteroatoms. The van der Waals surface area contributed by atoms with Crippen molar-refractivity contribution in [3.63, 3.8) is 0 Å². The number of imidazole rings is 1. The summed E-state index contributed by atoms with van der Waals surface area (Å²) < 4.78 is 30.2. The summed E-state index contributed by atoms with van der Waals surface area (Å²) in [4.78, 5) is 4.98. The molecule has 1 saturated carbocycles. The molecular formula is C38H34Cl2N4O3S. The Morgan fingerprint density at radius 1 is 0.875 bits per heavy atom. The maximum absolute atomic E-state index is 12.6. The number of nitrogens with one attached hydrogen (secondary N) is 1. The van der Waals surface area contributed by atoms with Crippen LogP contribution in [0.1, 0.15) is 49.1 Å². The molecule has 244 valence electrons. The average Bonchev–Trinajstić information content (AvgIpc) is 3.63. The first-order valence-corrected chi connectivity index (χ1v) is 18.2. The minimum absolute atomic E-state index is 0.356. The van der Waals surface area contributed by atoms with E-state index in [1.165, 1.54) is 37.7 Å². The van der Waals surface area contributed by atoms with Crippen molar-refractivity contribution in [2.75, 3.05) is 4.31 Å². The van der Waals surface area contributed by atoms with E-state index in [1.54, 1.807) is 30.3 Å². The van der Waals surface area contributed by atoms with Gasteiger partial charge in [0.2, 0.25) is 5.88 Å². The van der Waals surface area contributed by atoms with Crippen molar-refractivity contribution in [1.29, 1.82) is 0 Å². The molecule has 4 aromatic carbocycles. The Morgan fingerprint density at radius 2 is 1.58 bits per heavy atom. The van der Waals surface area contributed by atoms with Gasteiger partial charge in [0.05, 0.1) is 22.6 Å². The van der Waals surface area contributed by atoms with E-state index in [2.05, 4.69) is 65.4 Å². The number of benzene rings is 4. The number of aliphatic hydroxyl groups excluding tert-OH is 1. The molecule has 7 nitrogen and oxygen atoms in total. The van der Waals surface area contributed by atoms with Gasteiger partial charge in [-0.2, -0.15) is 8.42 Å². The number of halogens is 2. The topological polar surface area (TPSA) is 87.5 Å². The molecule has 2 N–H and O–H groups in total. The van der Waals surface area contributed by atoms with Crippen LogP contribution in [0.25, 0.3) is 34.1 Å². The molecule has 0 bridgehead atoms. The van der Waals surface area contributed by atoms with E-state index in [9.17, 15) is 13.5 Å². The van der Waals surface area contributed by atoms with Crippen LogP contribution in [0.3, 0.4) is 0 Å². The lowest BCUT2D eigenvalue weighted by Gasteiger charge is -2.17. The highest BCUT2D eigenvalue weighted by molar-refractivity contribution is 7.91. The van der Waals surface area contributed by atoms with Gasteiger partial charge in [-0.1, -0.05) is 109 Å². The standard InChI is InChI=1S/C38H34Cl2N4O3S/c39-31-19-20-34(35(40)22-31)36-24-43(32-7-4-8-33(23-32)44-25-38(45)42-48(44,46)47)37(41-36)21-28-13-17-30(18-14-28)29-15-11-27(12-16-29)10-9-26-5-2-1-3-6-26/h4,7-20,22-26,42,45H,1-3,5-6,21H2. The smallest absolute Gasteiger partial charge is 0.330 e. The van der Waals surface area contributed by atoms with Crippen LogP contribution in [-0.4, -0.2) is 23.1 Å².